The third-order valence-electron chi connectivity index (χ3n) is 2.91. The second kappa shape index (κ2) is 6.11. The molecule has 1 aromatic heterocycles. The summed E-state index contributed by atoms with van der Waals surface area (Å²) in [4.78, 5) is 27.3. The van der Waals surface area contributed by atoms with Crippen molar-refractivity contribution in [3.63, 3.8) is 0 Å². The Morgan fingerprint density at radius 2 is 2.00 bits per heavy atom. The number of piperidine rings is 1. The molecule has 18 heavy (non-hydrogen) atoms. The van der Waals surface area contributed by atoms with Crippen molar-refractivity contribution in [3.8, 4) is 0 Å². The van der Waals surface area contributed by atoms with Crippen molar-refractivity contribution in [1.29, 1.82) is 0 Å². The molecule has 2 heterocycles. The first kappa shape index (κ1) is 12.5. The van der Waals surface area contributed by atoms with Gasteiger partial charge in [0.2, 0.25) is 5.91 Å². The van der Waals surface area contributed by atoms with Crippen molar-refractivity contribution in [3.05, 3.63) is 30.1 Å². The number of amides is 2. The van der Waals surface area contributed by atoms with Crippen LogP contribution in [0.15, 0.2) is 24.4 Å². The van der Waals surface area contributed by atoms with E-state index >= 15 is 0 Å². The minimum atomic E-state index is -0.405. The molecule has 2 rings (SSSR count). The smallest absolute Gasteiger partial charge is 0.288 e. The molecule has 0 bridgehead atoms. The van der Waals surface area contributed by atoms with E-state index in [-0.39, 0.29) is 17.5 Å². The Kier molecular flexibility index (Phi) is 4.25. The van der Waals surface area contributed by atoms with Crippen LogP contribution < -0.4 is 16.2 Å². The van der Waals surface area contributed by atoms with Gasteiger partial charge in [-0.25, -0.2) is 0 Å². The van der Waals surface area contributed by atoms with E-state index < -0.39 is 5.91 Å². The number of carbonyl (C=O) groups excluding carboxylic acids is 2. The largest absolute Gasteiger partial charge is 0.317 e. The van der Waals surface area contributed by atoms with Crippen molar-refractivity contribution < 1.29 is 9.59 Å². The summed E-state index contributed by atoms with van der Waals surface area (Å²) in [7, 11) is 0. The zero-order chi connectivity index (χ0) is 12.8. The Balaban J connectivity index is 1.80. The average molecular weight is 248 g/mol. The third-order valence-corrected chi connectivity index (χ3v) is 2.91. The van der Waals surface area contributed by atoms with Crippen LogP contribution in [0.2, 0.25) is 0 Å². The molecule has 0 aliphatic carbocycles. The van der Waals surface area contributed by atoms with Crippen LogP contribution >= 0.6 is 0 Å². The van der Waals surface area contributed by atoms with Gasteiger partial charge in [0.25, 0.3) is 5.91 Å². The zero-order valence-electron chi connectivity index (χ0n) is 9.98. The Bertz CT molecular complexity index is 415. The summed E-state index contributed by atoms with van der Waals surface area (Å²) in [6.45, 7) is 1.68. The summed E-state index contributed by atoms with van der Waals surface area (Å²) in [5.41, 5.74) is 5.10. The van der Waals surface area contributed by atoms with Crippen LogP contribution in [-0.2, 0) is 4.79 Å². The van der Waals surface area contributed by atoms with Crippen LogP contribution in [0.25, 0.3) is 0 Å². The first-order valence-electron chi connectivity index (χ1n) is 5.99. The van der Waals surface area contributed by atoms with Crippen LogP contribution in [0.1, 0.15) is 23.3 Å². The lowest BCUT2D eigenvalue weighted by atomic mass is 9.98. The summed E-state index contributed by atoms with van der Waals surface area (Å²) in [5.74, 6) is -0.575. The van der Waals surface area contributed by atoms with E-state index in [9.17, 15) is 9.59 Å². The Morgan fingerprint density at radius 1 is 1.22 bits per heavy atom. The van der Waals surface area contributed by atoms with Crippen LogP contribution in [0.5, 0.6) is 0 Å². The monoisotopic (exact) mass is 248 g/mol. The van der Waals surface area contributed by atoms with Gasteiger partial charge in [0.15, 0.2) is 0 Å². The fourth-order valence-electron chi connectivity index (χ4n) is 1.87. The molecule has 1 fully saturated rings. The molecule has 1 aromatic rings. The van der Waals surface area contributed by atoms with E-state index in [1.165, 1.54) is 6.20 Å². The Hall–Kier alpha value is -1.95. The van der Waals surface area contributed by atoms with Crippen LogP contribution in [-0.4, -0.2) is 29.9 Å². The second-order valence-corrected chi connectivity index (χ2v) is 4.18. The minimum Gasteiger partial charge on any atom is -0.317 e. The topological polar surface area (TPSA) is 83.1 Å². The van der Waals surface area contributed by atoms with Gasteiger partial charge in [0.1, 0.15) is 5.69 Å². The highest BCUT2D eigenvalue weighted by Crippen LogP contribution is 2.10. The van der Waals surface area contributed by atoms with Gasteiger partial charge in [0.05, 0.1) is 0 Å². The number of aromatic nitrogens is 1. The van der Waals surface area contributed by atoms with E-state index in [1.807, 2.05) is 0 Å². The number of nitrogens with zero attached hydrogens (tertiary/aromatic N) is 1. The highest BCUT2D eigenvalue weighted by Gasteiger charge is 2.21. The molecule has 0 atom stereocenters. The maximum atomic E-state index is 11.8. The first-order chi connectivity index (χ1) is 8.77. The van der Waals surface area contributed by atoms with Gasteiger partial charge >= 0.3 is 0 Å². The minimum absolute atomic E-state index is 0.0321. The average Bonchev–Trinajstić information content (AvgIpc) is 2.46. The number of hydrogen-bond acceptors (Lipinski definition) is 4. The van der Waals surface area contributed by atoms with Crippen molar-refractivity contribution in [2.24, 2.45) is 5.92 Å². The van der Waals surface area contributed by atoms with Crippen LogP contribution in [0.4, 0.5) is 0 Å². The molecule has 0 aromatic carbocycles. The highest BCUT2D eigenvalue weighted by atomic mass is 16.2. The van der Waals surface area contributed by atoms with Gasteiger partial charge in [-0.1, -0.05) is 6.07 Å². The fraction of sp³-hybridized carbons (Fsp3) is 0.417. The molecule has 1 aliphatic heterocycles. The van der Waals surface area contributed by atoms with Gasteiger partial charge in [0, 0.05) is 12.1 Å². The quantitative estimate of drug-likeness (QED) is 0.635. The molecular formula is C12H16N4O2. The van der Waals surface area contributed by atoms with E-state index in [0.29, 0.717) is 0 Å². The molecule has 0 spiro atoms. The maximum absolute atomic E-state index is 11.8. The molecule has 6 nitrogen and oxygen atoms in total. The summed E-state index contributed by atoms with van der Waals surface area (Å²) in [5, 5.41) is 3.18. The summed E-state index contributed by atoms with van der Waals surface area (Å²) in [6.07, 6.45) is 3.13. The van der Waals surface area contributed by atoms with Gasteiger partial charge < -0.3 is 5.32 Å². The van der Waals surface area contributed by atoms with E-state index in [1.54, 1.807) is 18.2 Å². The Morgan fingerprint density at radius 3 is 2.67 bits per heavy atom. The van der Waals surface area contributed by atoms with E-state index in [4.69, 9.17) is 0 Å². The van der Waals surface area contributed by atoms with Gasteiger partial charge in [-0.15, -0.1) is 0 Å². The lowest BCUT2D eigenvalue weighted by Crippen LogP contribution is -2.46. The molecule has 0 unspecified atom stereocenters. The normalized spacial score (nSPS) is 16.0. The van der Waals surface area contributed by atoms with Crippen molar-refractivity contribution >= 4 is 11.8 Å². The lowest BCUT2D eigenvalue weighted by molar-refractivity contribution is -0.126. The molecular weight excluding hydrogens is 232 g/mol. The van der Waals surface area contributed by atoms with E-state index in [0.717, 1.165) is 25.9 Å². The number of nitrogens with one attached hydrogen (secondary N) is 3. The summed E-state index contributed by atoms with van der Waals surface area (Å²) >= 11 is 0. The summed E-state index contributed by atoms with van der Waals surface area (Å²) < 4.78 is 0. The molecule has 1 saturated heterocycles. The molecule has 96 valence electrons. The molecule has 0 radical (unpaired) electrons. The predicted octanol–water partition coefficient (Wildman–Crippen LogP) is -0.158. The SMILES string of the molecule is O=C(NNC(=O)C1CCNCC1)c1ccccn1. The standard InChI is InChI=1S/C12H16N4O2/c17-11(9-4-7-13-8-5-9)15-16-12(18)10-3-1-2-6-14-10/h1-3,6,9,13H,4-5,7-8H2,(H,15,17)(H,16,18). The van der Waals surface area contributed by atoms with Crippen molar-refractivity contribution in [2.75, 3.05) is 13.1 Å². The van der Waals surface area contributed by atoms with Gasteiger partial charge in [-0.2, -0.15) is 0 Å². The predicted molar refractivity (Wildman–Crippen MR) is 65.4 cm³/mol. The molecule has 1 aliphatic rings. The van der Waals surface area contributed by atoms with Crippen LogP contribution in [0, 0.1) is 5.92 Å². The number of rotatable bonds is 2. The zero-order valence-corrected chi connectivity index (χ0v) is 9.98. The highest BCUT2D eigenvalue weighted by molar-refractivity contribution is 5.93. The molecule has 2 amide bonds. The van der Waals surface area contributed by atoms with Crippen LogP contribution in [0.3, 0.4) is 0 Å². The summed E-state index contributed by atoms with van der Waals surface area (Å²) in [6, 6.07) is 5.03. The molecule has 0 saturated carbocycles. The van der Waals surface area contributed by atoms with Crippen molar-refractivity contribution in [2.45, 2.75) is 12.8 Å². The van der Waals surface area contributed by atoms with Gasteiger partial charge in [-0.3, -0.25) is 25.4 Å². The number of carbonyl (C=O) groups is 2. The Labute approximate surface area is 105 Å². The first-order valence-corrected chi connectivity index (χ1v) is 5.99. The second-order valence-electron chi connectivity index (χ2n) is 4.18. The fourth-order valence-corrected chi connectivity index (χ4v) is 1.87. The number of hydrogen-bond donors (Lipinski definition) is 3. The molecule has 6 heteroatoms. The molecule has 3 N–H and O–H groups in total. The van der Waals surface area contributed by atoms with Gasteiger partial charge in [-0.05, 0) is 38.1 Å². The lowest BCUT2D eigenvalue weighted by Gasteiger charge is -2.21. The number of pyridine rings is 1. The van der Waals surface area contributed by atoms with E-state index in [2.05, 4.69) is 21.2 Å². The van der Waals surface area contributed by atoms with Crippen molar-refractivity contribution in [1.82, 2.24) is 21.2 Å². The number of hydrazine groups is 1. The third kappa shape index (κ3) is 3.27. The maximum Gasteiger partial charge on any atom is 0.288 e.